The number of hydrogen-bond donors (Lipinski definition) is 0. The van der Waals surface area contributed by atoms with Crippen LogP contribution in [0.3, 0.4) is 0 Å². The Balaban J connectivity index is 2.04. The Bertz CT molecular complexity index is 981. The van der Waals surface area contributed by atoms with Gasteiger partial charge in [-0.3, -0.25) is 4.40 Å². The van der Waals surface area contributed by atoms with E-state index in [2.05, 4.69) is 15.2 Å². The molecule has 2 aromatic heterocycles. The molecular weight excluding hydrogens is 344 g/mol. The molecule has 1 aliphatic rings. The molecule has 0 radical (unpaired) electrons. The Hall–Kier alpha value is -2.25. The largest absolute Gasteiger partial charge is 0.465 e. The summed E-state index contributed by atoms with van der Waals surface area (Å²) in [4.78, 5) is 16.5. The maximum atomic E-state index is 12.1. The number of halogens is 1. The van der Waals surface area contributed by atoms with Gasteiger partial charge in [0.1, 0.15) is 5.82 Å². The molecule has 3 aromatic rings. The summed E-state index contributed by atoms with van der Waals surface area (Å²) in [6.45, 7) is 0.283. The summed E-state index contributed by atoms with van der Waals surface area (Å²) in [5, 5.41) is 8.82. The minimum Gasteiger partial charge on any atom is -0.465 e. The first-order valence-electron chi connectivity index (χ1n) is 8.08. The number of carbonyl (C=O) groups is 1. The molecule has 4 rings (SSSR count). The van der Waals surface area contributed by atoms with Crippen LogP contribution < -0.4 is 0 Å². The molecular formula is C17H17ClN4O3. The second-order valence-corrected chi connectivity index (χ2v) is 6.53. The van der Waals surface area contributed by atoms with Gasteiger partial charge in [0, 0.05) is 13.0 Å². The number of aromatic nitrogens is 4. The second-order valence-electron chi connectivity index (χ2n) is 6.17. The van der Waals surface area contributed by atoms with Crippen molar-refractivity contribution in [3.05, 3.63) is 34.2 Å². The van der Waals surface area contributed by atoms with E-state index in [0.29, 0.717) is 22.6 Å². The van der Waals surface area contributed by atoms with Gasteiger partial charge >= 0.3 is 5.97 Å². The average Bonchev–Trinajstić information content (AvgIpc) is 2.98. The zero-order valence-corrected chi connectivity index (χ0v) is 14.7. The van der Waals surface area contributed by atoms with E-state index in [4.69, 9.17) is 21.1 Å². The highest BCUT2D eigenvalue weighted by atomic mass is 35.5. The number of hydrogen-bond acceptors (Lipinski definition) is 6. The summed E-state index contributed by atoms with van der Waals surface area (Å²) in [5.41, 5.74) is 3.08. The third-order valence-electron chi connectivity index (χ3n) is 4.71. The molecule has 0 amide bonds. The molecule has 0 saturated heterocycles. The minimum atomic E-state index is -0.435. The van der Waals surface area contributed by atoms with Gasteiger partial charge in [0.15, 0.2) is 10.8 Å². The van der Waals surface area contributed by atoms with E-state index in [9.17, 15) is 4.79 Å². The summed E-state index contributed by atoms with van der Waals surface area (Å²) < 4.78 is 12.1. The molecule has 25 heavy (non-hydrogen) atoms. The first kappa shape index (κ1) is 16.2. The van der Waals surface area contributed by atoms with Crippen molar-refractivity contribution < 1.29 is 14.3 Å². The lowest BCUT2D eigenvalue weighted by Crippen LogP contribution is -2.14. The van der Waals surface area contributed by atoms with Gasteiger partial charge in [0.05, 0.1) is 30.3 Å². The lowest BCUT2D eigenvalue weighted by atomic mass is 9.85. The van der Waals surface area contributed by atoms with Crippen LogP contribution in [-0.2, 0) is 16.1 Å². The maximum Gasteiger partial charge on any atom is 0.338 e. The number of fused-ring (bicyclic) bond motifs is 3. The Morgan fingerprint density at radius 3 is 2.76 bits per heavy atom. The fourth-order valence-corrected chi connectivity index (χ4v) is 3.43. The van der Waals surface area contributed by atoms with Crippen molar-refractivity contribution in [1.82, 2.24) is 19.6 Å². The van der Waals surface area contributed by atoms with E-state index >= 15 is 0 Å². The molecule has 1 aliphatic carbocycles. The van der Waals surface area contributed by atoms with Gasteiger partial charge in [-0.1, -0.05) is 18.0 Å². The summed E-state index contributed by atoms with van der Waals surface area (Å²) in [6, 6.07) is 3.57. The molecule has 0 atom stereocenters. The number of ether oxygens (including phenoxy) is 2. The first-order chi connectivity index (χ1) is 12.1. The van der Waals surface area contributed by atoms with Crippen molar-refractivity contribution in [3.8, 4) is 0 Å². The van der Waals surface area contributed by atoms with E-state index in [0.717, 1.165) is 29.7 Å². The maximum absolute atomic E-state index is 12.1. The SMILES string of the molecule is COCc1cc2c(cc1C(=O)OC)nc(Cl)c1nnc(C3CCC3)n12. The zero-order valence-electron chi connectivity index (χ0n) is 14.0. The van der Waals surface area contributed by atoms with E-state index in [1.807, 2.05) is 10.5 Å². The number of rotatable bonds is 4. The van der Waals surface area contributed by atoms with Crippen LogP contribution in [0.4, 0.5) is 0 Å². The van der Waals surface area contributed by atoms with Crippen LogP contribution in [-0.4, -0.2) is 39.8 Å². The smallest absolute Gasteiger partial charge is 0.338 e. The van der Waals surface area contributed by atoms with Gasteiger partial charge in [-0.2, -0.15) is 0 Å². The lowest BCUT2D eigenvalue weighted by Gasteiger charge is -2.23. The monoisotopic (exact) mass is 360 g/mol. The summed E-state index contributed by atoms with van der Waals surface area (Å²) >= 11 is 6.31. The van der Waals surface area contributed by atoms with E-state index in [1.54, 1.807) is 13.2 Å². The molecule has 0 N–H and O–H groups in total. The Morgan fingerprint density at radius 2 is 2.12 bits per heavy atom. The summed E-state index contributed by atoms with van der Waals surface area (Å²) in [5.74, 6) is 0.836. The molecule has 130 valence electrons. The molecule has 2 heterocycles. The van der Waals surface area contributed by atoms with Crippen molar-refractivity contribution in [2.75, 3.05) is 14.2 Å². The predicted molar refractivity (Wildman–Crippen MR) is 91.9 cm³/mol. The highest BCUT2D eigenvalue weighted by Gasteiger charge is 2.27. The molecule has 0 aliphatic heterocycles. The van der Waals surface area contributed by atoms with Gasteiger partial charge in [0.2, 0.25) is 0 Å². The molecule has 0 unspecified atom stereocenters. The van der Waals surface area contributed by atoms with Crippen LogP contribution in [0.25, 0.3) is 16.7 Å². The molecule has 7 nitrogen and oxygen atoms in total. The fourth-order valence-electron chi connectivity index (χ4n) is 3.22. The number of esters is 1. The lowest BCUT2D eigenvalue weighted by molar-refractivity contribution is 0.0596. The van der Waals surface area contributed by atoms with E-state index in [1.165, 1.54) is 13.5 Å². The molecule has 1 fully saturated rings. The Labute approximate surface area is 148 Å². The van der Waals surface area contributed by atoms with Gasteiger partial charge in [-0.25, -0.2) is 9.78 Å². The predicted octanol–water partition coefficient (Wildman–Crippen LogP) is 3.13. The van der Waals surface area contributed by atoms with Crippen LogP contribution in [0.1, 0.15) is 46.9 Å². The fraction of sp³-hybridized carbons (Fsp3) is 0.412. The Morgan fingerprint density at radius 1 is 1.32 bits per heavy atom. The van der Waals surface area contributed by atoms with Crippen LogP contribution in [0, 0.1) is 0 Å². The number of methoxy groups -OCH3 is 2. The van der Waals surface area contributed by atoms with Crippen LogP contribution >= 0.6 is 11.6 Å². The topological polar surface area (TPSA) is 78.6 Å². The summed E-state index contributed by atoms with van der Waals surface area (Å²) in [6.07, 6.45) is 3.37. The van der Waals surface area contributed by atoms with Crippen LogP contribution in [0.2, 0.25) is 5.15 Å². The van der Waals surface area contributed by atoms with Crippen molar-refractivity contribution in [2.24, 2.45) is 0 Å². The van der Waals surface area contributed by atoms with Crippen LogP contribution in [0.5, 0.6) is 0 Å². The number of nitrogens with zero attached hydrogens (tertiary/aromatic N) is 4. The van der Waals surface area contributed by atoms with Gasteiger partial charge in [0.25, 0.3) is 0 Å². The highest BCUT2D eigenvalue weighted by Crippen LogP contribution is 2.37. The second kappa shape index (κ2) is 6.24. The van der Waals surface area contributed by atoms with Gasteiger partial charge in [-0.05, 0) is 30.5 Å². The van der Waals surface area contributed by atoms with Crippen molar-refractivity contribution >= 4 is 34.3 Å². The first-order valence-corrected chi connectivity index (χ1v) is 8.46. The summed E-state index contributed by atoms with van der Waals surface area (Å²) in [7, 11) is 2.93. The molecule has 1 aromatic carbocycles. The standard InChI is InChI=1S/C17H17ClN4O3/c1-24-8-10-6-13-12(7-11(10)17(23)25-2)19-14(18)16-21-20-15(22(13)16)9-4-3-5-9/h6-7,9H,3-5,8H2,1-2H3. The van der Waals surface area contributed by atoms with Crippen LogP contribution in [0.15, 0.2) is 12.1 Å². The number of benzene rings is 1. The van der Waals surface area contributed by atoms with Crippen molar-refractivity contribution in [2.45, 2.75) is 31.8 Å². The molecule has 1 saturated carbocycles. The van der Waals surface area contributed by atoms with Crippen molar-refractivity contribution in [3.63, 3.8) is 0 Å². The van der Waals surface area contributed by atoms with E-state index in [-0.39, 0.29) is 11.8 Å². The van der Waals surface area contributed by atoms with Gasteiger partial charge in [-0.15, -0.1) is 10.2 Å². The third-order valence-corrected chi connectivity index (χ3v) is 4.96. The van der Waals surface area contributed by atoms with Crippen molar-refractivity contribution in [1.29, 1.82) is 0 Å². The molecule has 0 spiro atoms. The Kier molecular flexibility index (Phi) is 4.05. The average molecular weight is 361 g/mol. The van der Waals surface area contributed by atoms with Gasteiger partial charge < -0.3 is 9.47 Å². The normalized spacial score (nSPS) is 14.8. The zero-order chi connectivity index (χ0) is 17.6. The molecule has 0 bridgehead atoms. The number of carbonyl (C=O) groups excluding carboxylic acids is 1. The quantitative estimate of drug-likeness (QED) is 0.665. The highest BCUT2D eigenvalue weighted by molar-refractivity contribution is 6.32. The minimum absolute atomic E-state index is 0.265. The molecule has 8 heteroatoms. The third kappa shape index (κ3) is 2.54. The van der Waals surface area contributed by atoms with E-state index < -0.39 is 5.97 Å².